The van der Waals surface area contributed by atoms with Crippen LogP contribution in [-0.4, -0.2) is 74.2 Å². The molecule has 0 spiro atoms. The zero-order valence-corrected chi connectivity index (χ0v) is 17.2. The number of carbonyl (C=O) groups is 3. The van der Waals surface area contributed by atoms with E-state index in [1.165, 1.54) is 7.05 Å². The topological polar surface area (TPSA) is 132 Å². The van der Waals surface area contributed by atoms with E-state index in [0.717, 1.165) is 6.42 Å². The third kappa shape index (κ3) is 10.3. The summed E-state index contributed by atoms with van der Waals surface area (Å²) in [7, 11) is 3.14. The number of aliphatic hydroxyl groups excluding tert-OH is 1. The van der Waals surface area contributed by atoms with Gasteiger partial charge >= 0.3 is 0 Å². The first-order valence-corrected chi connectivity index (χ1v) is 9.64. The summed E-state index contributed by atoms with van der Waals surface area (Å²) in [4.78, 5) is 36.1. The fraction of sp³-hybridized carbons (Fsp3) is 0.833. The first-order valence-electron chi connectivity index (χ1n) is 9.64. The molecule has 9 nitrogen and oxygen atoms in total. The molecule has 0 aliphatic rings. The molecule has 0 aromatic rings. The van der Waals surface area contributed by atoms with Gasteiger partial charge < -0.3 is 31.7 Å². The Labute approximate surface area is 162 Å². The fourth-order valence-corrected chi connectivity index (χ4v) is 2.47. The van der Waals surface area contributed by atoms with Crippen LogP contribution in [0.2, 0.25) is 0 Å². The summed E-state index contributed by atoms with van der Waals surface area (Å²) >= 11 is 0. The van der Waals surface area contributed by atoms with Crippen LogP contribution in [0, 0.1) is 0 Å². The Balaban J connectivity index is 4.37. The summed E-state index contributed by atoms with van der Waals surface area (Å²) in [5, 5.41) is 23.0. The maximum absolute atomic E-state index is 12.3. The van der Waals surface area contributed by atoms with Crippen LogP contribution in [0.3, 0.4) is 0 Å². The molecule has 0 radical (unpaired) electrons. The first-order chi connectivity index (χ1) is 12.8. The number of amides is 3. The van der Waals surface area contributed by atoms with Gasteiger partial charge in [-0.2, -0.15) is 0 Å². The van der Waals surface area contributed by atoms with Crippen molar-refractivity contribution in [3.63, 3.8) is 0 Å². The molecular weight excluding hydrogens is 350 g/mol. The van der Waals surface area contributed by atoms with E-state index in [9.17, 15) is 14.4 Å². The van der Waals surface area contributed by atoms with Gasteiger partial charge in [-0.25, -0.2) is 0 Å². The molecule has 0 saturated heterocycles. The highest BCUT2D eigenvalue weighted by molar-refractivity contribution is 5.89. The van der Waals surface area contributed by atoms with Crippen LogP contribution in [0.15, 0.2) is 0 Å². The Hall–Kier alpha value is -1.71. The van der Waals surface area contributed by atoms with Crippen molar-refractivity contribution in [2.75, 3.05) is 27.2 Å². The molecule has 3 amide bonds. The van der Waals surface area contributed by atoms with E-state index in [4.69, 9.17) is 5.11 Å². The number of unbranched alkanes of at least 4 members (excludes halogenated alkanes) is 1. The lowest BCUT2D eigenvalue weighted by Gasteiger charge is -2.22. The normalized spacial score (nSPS) is 15.3. The Bertz CT molecular complexity index is 457. The van der Waals surface area contributed by atoms with Crippen molar-refractivity contribution in [2.45, 2.75) is 70.6 Å². The average Bonchev–Trinajstić information content (AvgIpc) is 2.66. The van der Waals surface area contributed by atoms with Crippen molar-refractivity contribution in [1.29, 1.82) is 0 Å². The number of aliphatic hydroxyl groups is 1. The van der Waals surface area contributed by atoms with Crippen LogP contribution in [0.25, 0.3) is 0 Å². The summed E-state index contributed by atoms with van der Waals surface area (Å²) in [6.45, 7) is 5.99. The smallest absolute Gasteiger partial charge is 0.242 e. The summed E-state index contributed by atoms with van der Waals surface area (Å²) < 4.78 is 0. The summed E-state index contributed by atoms with van der Waals surface area (Å²) in [5.74, 6) is -0.711. The molecule has 0 aromatic carbocycles. The Kier molecular flexibility index (Phi) is 13.5. The largest absolute Gasteiger partial charge is 0.394 e. The molecule has 6 N–H and O–H groups in total. The molecule has 0 aliphatic carbocycles. The molecule has 4 atom stereocenters. The maximum atomic E-state index is 12.3. The number of likely N-dealkylation sites (N-methyl/N-ethyl adjacent to an activating group) is 2. The molecule has 0 aromatic heterocycles. The number of rotatable bonds is 14. The number of hydrogen-bond donors (Lipinski definition) is 6. The van der Waals surface area contributed by atoms with Crippen LogP contribution in [0.4, 0.5) is 0 Å². The van der Waals surface area contributed by atoms with Gasteiger partial charge in [0, 0.05) is 19.6 Å². The fourth-order valence-electron chi connectivity index (χ4n) is 2.47. The quantitative estimate of drug-likeness (QED) is 0.209. The summed E-state index contributed by atoms with van der Waals surface area (Å²) in [6, 6.07) is -1.40. The van der Waals surface area contributed by atoms with Gasteiger partial charge in [-0.3, -0.25) is 14.4 Å². The Morgan fingerprint density at radius 2 is 1.63 bits per heavy atom. The monoisotopic (exact) mass is 387 g/mol. The van der Waals surface area contributed by atoms with E-state index in [1.807, 2.05) is 13.8 Å². The van der Waals surface area contributed by atoms with Crippen molar-refractivity contribution in [2.24, 2.45) is 0 Å². The minimum absolute atomic E-state index is 0.211. The van der Waals surface area contributed by atoms with Gasteiger partial charge in [0.05, 0.1) is 12.6 Å². The Morgan fingerprint density at radius 1 is 0.963 bits per heavy atom. The van der Waals surface area contributed by atoms with Crippen LogP contribution < -0.4 is 26.6 Å². The van der Waals surface area contributed by atoms with Crippen LogP contribution >= 0.6 is 0 Å². The van der Waals surface area contributed by atoms with Crippen molar-refractivity contribution in [3.8, 4) is 0 Å². The standard InChI is InChI=1S/C18H37N5O4/c1-6-12(2)22-13(3)16(25)23-14(17(26)20-5)9-7-8-10-21-18(27)15(11-24)19-4/h12-15,19,22,24H,6-11H2,1-5H3,(H,20,26)(H,21,27)(H,23,25)/t12?,13?,14-,15-/m0/s1. The van der Waals surface area contributed by atoms with Gasteiger partial charge in [-0.15, -0.1) is 0 Å². The third-order valence-corrected chi connectivity index (χ3v) is 4.49. The number of hydrogen-bond acceptors (Lipinski definition) is 6. The molecule has 0 fully saturated rings. The molecule has 0 bridgehead atoms. The van der Waals surface area contributed by atoms with Crippen molar-refractivity contribution < 1.29 is 19.5 Å². The predicted molar refractivity (Wildman–Crippen MR) is 105 cm³/mol. The second-order valence-electron chi connectivity index (χ2n) is 6.68. The predicted octanol–water partition coefficient (Wildman–Crippen LogP) is -1.14. The minimum Gasteiger partial charge on any atom is -0.394 e. The van der Waals surface area contributed by atoms with Gasteiger partial charge in [0.1, 0.15) is 12.1 Å². The van der Waals surface area contributed by atoms with E-state index in [0.29, 0.717) is 25.8 Å². The lowest BCUT2D eigenvalue weighted by Crippen LogP contribution is -2.52. The highest BCUT2D eigenvalue weighted by Crippen LogP contribution is 2.03. The van der Waals surface area contributed by atoms with Gasteiger partial charge in [0.25, 0.3) is 0 Å². The minimum atomic E-state index is -0.623. The third-order valence-electron chi connectivity index (χ3n) is 4.49. The molecule has 0 heterocycles. The average molecular weight is 388 g/mol. The number of nitrogens with one attached hydrogen (secondary N) is 5. The molecule has 0 aliphatic heterocycles. The zero-order chi connectivity index (χ0) is 20.8. The van der Waals surface area contributed by atoms with Crippen molar-refractivity contribution >= 4 is 17.7 Å². The van der Waals surface area contributed by atoms with E-state index < -0.39 is 12.1 Å². The second-order valence-corrected chi connectivity index (χ2v) is 6.68. The van der Waals surface area contributed by atoms with Crippen LogP contribution in [0.5, 0.6) is 0 Å². The molecule has 2 unspecified atom stereocenters. The van der Waals surface area contributed by atoms with Gasteiger partial charge in [-0.05, 0) is 46.6 Å². The van der Waals surface area contributed by atoms with Crippen molar-refractivity contribution in [1.82, 2.24) is 26.6 Å². The molecule has 0 rings (SSSR count). The number of carbonyl (C=O) groups excluding carboxylic acids is 3. The Morgan fingerprint density at radius 3 is 2.15 bits per heavy atom. The highest BCUT2D eigenvalue weighted by Gasteiger charge is 2.23. The lowest BCUT2D eigenvalue weighted by atomic mass is 10.1. The summed E-state index contributed by atoms with van der Waals surface area (Å²) in [5.41, 5.74) is 0. The van der Waals surface area contributed by atoms with Gasteiger partial charge in [0.2, 0.25) is 17.7 Å². The molecule has 0 saturated carbocycles. The van der Waals surface area contributed by atoms with E-state index >= 15 is 0 Å². The molecule has 27 heavy (non-hydrogen) atoms. The van der Waals surface area contributed by atoms with E-state index in [1.54, 1.807) is 14.0 Å². The first kappa shape index (κ1) is 25.3. The van der Waals surface area contributed by atoms with Crippen molar-refractivity contribution in [3.05, 3.63) is 0 Å². The lowest BCUT2D eigenvalue weighted by molar-refractivity contribution is -0.129. The van der Waals surface area contributed by atoms with Gasteiger partial charge in [-0.1, -0.05) is 6.92 Å². The summed E-state index contributed by atoms with van der Waals surface area (Å²) in [6.07, 6.45) is 2.71. The second kappa shape index (κ2) is 14.4. The van der Waals surface area contributed by atoms with Crippen LogP contribution in [-0.2, 0) is 14.4 Å². The SMILES string of the molecule is CCC(C)NC(C)C(=O)N[C@@H](CCCCNC(=O)[C@H](CO)NC)C(=O)NC. The molecule has 9 heteroatoms. The highest BCUT2D eigenvalue weighted by atomic mass is 16.3. The van der Waals surface area contributed by atoms with E-state index in [2.05, 4.69) is 26.6 Å². The van der Waals surface area contributed by atoms with Crippen LogP contribution in [0.1, 0.15) is 46.5 Å². The zero-order valence-electron chi connectivity index (χ0n) is 17.2. The van der Waals surface area contributed by atoms with E-state index in [-0.39, 0.29) is 36.4 Å². The van der Waals surface area contributed by atoms with Gasteiger partial charge in [0.15, 0.2) is 0 Å². The molecule has 158 valence electrons. The maximum Gasteiger partial charge on any atom is 0.242 e. The molecular formula is C18H37N5O4.